The van der Waals surface area contributed by atoms with Crippen molar-refractivity contribution in [2.45, 2.75) is 37.9 Å². The number of nitrogens with one attached hydrogen (secondary N) is 1. The van der Waals surface area contributed by atoms with Gasteiger partial charge >= 0.3 is 0 Å². The van der Waals surface area contributed by atoms with Crippen LogP contribution in [0.2, 0.25) is 0 Å². The number of benzene rings is 1. The molecule has 3 N–H and O–H groups in total. The zero-order valence-electron chi connectivity index (χ0n) is 19.2. The van der Waals surface area contributed by atoms with Gasteiger partial charge in [-0.3, -0.25) is 0 Å². The summed E-state index contributed by atoms with van der Waals surface area (Å²) in [6.45, 7) is 4.25. The summed E-state index contributed by atoms with van der Waals surface area (Å²) in [7, 11) is 1.85. The Morgan fingerprint density at radius 1 is 1.15 bits per heavy atom. The summed E-state index contributed by atoms with van der Waals surface area (Å²) < 4.78 is 20.9. The fourth-order valence-electron chi connectivity index (χ4n) is 4.83. The van der Waals surface area contributed by atoms with Crippen LogP contribution < -0.4 is 15.8 Å². The number of nitrogens with zero attached hydrogens (tertiary/aromatic N) is 4. The highest BCUT2D eigenvalue weighted by Gasteiger charge is 2.50. The third-order valence-corrected chi connectivity index (χ3v) is 6.40. The van der Waals surface area contributed by atoms with Crippen molar-refractivity contribution in [3.63, 3.8) is 0 Å². The highest BCUT2D eigenvalue weighted by Crippen LogP contribution is 2.44. The molecule has 34 heavy (non-hydrogen) atoms. The lowest BCUT2D eigenvalue weighted by Gasteiger charge is -2.22. The molecule has 0 spiro atoms. The molecule has 0 bridgehead atoms. The average Bonchev–Trinajstić information content (AvgIpc) is 3.48. The van der Waals surface area contributed by atoms with Gasteiger partial charge < -0.3 is 29.8 Å². The highest BCUT2D eigenvalue weighted by molar-refractivity contribution is 5.86. The summed E-state index contributed by atoms with van der Waals surface area (Å²) in [4.78, 5) is 13.2. The van der Waals surface area contributed by atoms with Gasteiger partial charge in [0, 0.05) is 24.7 Å². The number of pyridine rings is 1. The van der Waals surface area contributed by atoms with E-state index in [0.29, 0.717) is 12.4 Å². The van der Waals surface area contributed by atoms with E-state index in [1.54, 1.807) is 0 Å². The molecule has 1 aliphatic carbocycles. The van der Waals surface area contributed by atoms with Gasteiger partial charge in [0.15, 0.2) is 5.79 Å². The monoisotopic (exact) mass is 458 g/mol. The van der Waals surface area contributed by atoms with Gasteiger partial charge in [-0.15, -0.1) is 0 Å². The van der Waals surface area contributed by atoms with Crippen molar-refractivity contribution < 1.29 is 14.2 Å². The molecule has 9 nitrogen and oxygen atoms in total. The van der Waals surface area contributed by atoms with Crippen molar-refractivity contribution in [3.05, 3.63) is 60.6 Å². The highest BCUT2D eigenvalue weighted by atomic mass is 16.8. The van der Waals surface area contributed by atoms with E-state index < -0.39 is 5.79 Å². The Hall–Kier alpha value is -3.69. The minimum absolute atomic E-state index is 0.103. The van der Waals surface area contributed by atoms with Crippen LogP contribution in [0.4, 0.5) is 11.6 Å². The number of anilines is 2. The Bertz CT molecular complexity index is 1430. The van der Waals surface area contributed by atoms with Crippen LogP contribution in [0.5, 0.6) is 5.75 Å². The first-order valence-electron chi connectivity index (χ1n) is 11.3. The zero-order valence-corrected chi connectivity index (χ0v) is 19.2. The lowest BCUT2D eigenvalue weighted by molar-refractivity contribution is -0.148. The number of nitrogens with two attached hydrogens (primary N) is 1. The van der Waals surface area contributed by atoms with Gasteiger partial charge in [-0.2, -0.15) is 0 Å². The van der Waals surface area contributed by atoms with E-state index >= 15 is 0 Å². The lowest BCUT2D eigenvalue weighted by Crippen LogP contribution is -2.28. The van der Waals surface area contributed by atoms with Gasteiger partial charge in [-0.25, -0.2) is 15.0 Å². The normalized spacial score (nSPS) is 23.3. The van der Waals surface area contributed by atoms with Gasteiger partial charge in [0.1, 0.15) is 48.2 Å². The second-order valence-corrected chi connectivity index (χ2v) is 9.06. The summed E-state index contributed by atoms with van der Waals surface area (Å²) in [6, 6.07) is 11.8. The van der Waals surface area contributed by atoms with E-state index in [-0.39, 0.29) is 18.2 Å². The molecule has 6 rings (SSSR count). The van der Waals surface area contributed by atoms with Gasteiger partial charge in [-0.1, -0.05) is 6.08 Å². The average molecular weight is 459 g/mol. The summed E-state index contributed by atoms with van der Waals surface area (Å²) in [5.74, 6) is 1.33. The van der Waals surface area contributed by atoms with Crippen LogP contribution in [0.1, 0.15) is 19.9 Å². The predicted octanol–water partition coefficient (Wildman–Crippen LogP) is 3.68. The molecular formula is C25H26N6O3. The van der Waals surface area contributed by atoms with Gasteiger partial charge in [0.25, 0.3) is 0 Å². The van der Waals surface area contributed by atoms with E-state index in [2.05, 4.69) is 30.9 Å². The first-order valence-corrected chi connectivity index (χ1v) is 11.3. The molecule has 3 aromatic heterocycles. The quantitative estimate of drug-likeness (QED) is 0.436. The second kappa shape index (κ2) is 7.68. The van der Waals surface area contributed by atoms with Crippen molar-refractivity contribution in [1.82, 2.24) is 19.5 Å². The van der Waals surface area contributed by atoms with Crippen LogP contribution >= 0.6 is 0 Å². The largest absolute Gasteiger partial charge is 0.489 e. The molecule has 1 saturated heterocycles. The van der Waals surface area contributed by atoms with E-state index in [4.69, 9.17) is 19.9 Å². The summed E-state index contributed by atoms with van der Waals surface area (Å²) in [5.41, 5.74) is 8.72. The SMILES string of the molecule is CNc1ccc2ccc(OCC3=C[C@@H](n4ccc5c(N)ncnc54)[C@@H]4OC(C)(C)O[C@H]34)cc2n1. The van der Waals surface area contributed by atoms with Crippen LogP contribution in [0, 0.1) is 0 Å². The van der Waals surface area contributed by atoms with Crippen LogP contribution in [-0.4, -0.2) is 51.2 Å². The van der Waals surface area contributed by atoms with E-state index in [0.717, 1.165) is 39.1 Å². The van der Waals surface area contributed by atoms with Crippen molar-refractivity contribution in [2.24, 2.45) is 0 Å². The van der Waals surface area contributed by atoms with Crippen molar-refractivity contribution in [1.29, 1.82) is 0 Å². The standard InChI is InChI=1S/C25H26N6O3/c1-25(2)33-21-15(12-32-16-6-4-14-5-7-20(27-3)30-18(14)11-16)10-19(22(21)34-25)31-9-8-17-23(26)28-13-29-24(17)31/h4-11,13,19,21-22H,12H2,1-3H3,(H,27,30)(H2,26,28,29)/t19-,21-,22+/m1/s1. The Morgan fingerprint density at radius 3 is 2.85 bits per heavy atom. The molecule has 0 radical (unpaired) electrons. The van der Waals surface area contributed by atoms with Crippen molar-refractivity contribution in [3.8, 4) is 5.75 Å². The molecule has 1 fully saturated rings. The summed E-state index contributed by atoms with van der Waals surface area (Å²) in [6.07, 6.45) is 5.20. The molecule has 3 atom stereocenters. The van der Waals surface area contributed by atoms with E-state index in [9.17, 15) is 0 Å². The number of hydrogen-bond acceptors (Lipinski definition) is 8. The van der Waals surface area contributed by atoms with Gasteiger partial charge in [0.2, 0.25) is 0 Å². The predicted molar refractivity (Wildman–Crippen MR) is 130 cm³/mol. The Balaban J connectivity index is 1.30. The van der Waals surface area contributed by atoms with Crippen molar-refractivity contribution in [2.75, 3.05) is 24.7 Å². The smallest absolute Gasteiger partial charge is 0.164 e. The van der Waals surface area contributed by atoms with Crippen LogP contribution in [-0.2, 0) is 9.47 Å². The maximum absolute atomic E-state index is 6.31. The number of hydrogen-bond donors (Lipinski definition) is 2. The maximum atomic E-state index is 6.31. The van der Waals surface area contributed by atoms with Crippen LogP contribution in [0.3, 0.4) is 0 Å². The Kier molecular flexibility index (Phi) is 4.72. The molecular weight excluding hydrogens is 432 g/mol. The Morgan fingerprint density at radius 2 is 2.00 bits per heavy atom. The summed E-state index contributed by atoms with van der Waals surface area (Å²) in [5, 5.41) is 4.95. The van der Waals surface area contributed by atoms with Gasteiger partial charge in [-0.05, 0) is 49.8 Å². The number of nitrogen functional groups attached to an aromatic ring is 1. The minimum atomic E-state index is -0.694. The number of rotatable bonds is 5. The van der Waals surface area contributed by atoms with Gasteiger partial charge in [0.05, 0.1) is 16.9 Å². The minimum Gasteiger partial charge on any atom is -0.489 e. The fourth-order valence-corrected chi connectivity index (χ4v) is 4.83. The summed E-state index contributed by atoms with van der Waals surface area (Å²) >= 11 is 0. The van der Waals surface area contributed by atoms with Crippen LogP contribution in [0.15, 0.2) is 60.6 Å². The molecule has 0 unspecified atom stereocenters. The third kappa shape index (κ3) is 3.44. The molecule has 1 aromatic carbocycles. The van der Waals surface area contributed by atoms with Crippen LogP contribution in [0.25, 0.3) is 21.9 Å². The third-order valence-electron chi connectivity index (χ3n) is 6.40. The second-order valence-electron chi connectivity index (χ2n) is 9.06. The molecule has 174 valence electrons. The lowest BCUT2D eigenvalue weighted by atomic mass is 10.1. The van der Waals surface area contributed by atoms with Crippen molar-refractivity contribution >= 4 is 33.6 Å². The molecule has 0 amide bonds. The topological polar surface area (TPSA) is 109 Å². The molecule has 2 aliphatic rings. The fraction of sp³-hybridized carbons (Fsp3) is 0.320. The Labute approximate surface area is 196 Å². The molecule has 9 heteroatoms. The van der Waals surface area contributed by atoms with E-state index in [1.807, 2.05) is 63.5 Å². The molecule has 4 aromatic rings. The number of ether oxygens (including phenoxy) is 3. The van der Waals surface area contributed by atoms with E-state index in [1.165, 1.54) is 6.33 Å². The maximum Gasteiger partial charge on any atom is 0.164 e. The zero-order chi connectivity index (χ0) is 23.4. The first-order chi connectivity index (χ1) is 16.4. The molecule has 1 aliphatic heterocycles. The molecule has 4 heterocycles. The first kappa shape index (κ1) is 20.9. The molecule has 0 saturated carbocycles. The number of aromatic nitrogens is 4. The number of fused-ring (bicyclic) bond motifs is 3.